The third-order valence-corrected chi connectivity index (χ3v) is 3.61. The zero-order chi connectivity index (χ0) is 14.7. The van der Waals surface area contributed by atoms with Gasteiger partial charge in [0.15, 0.2) is 5.78 Å². The Kier molecular flexibility index (Phi) is 4.45. The minimum absolute atomic E-state index is 0.0956. The number of carbonyl (C=O) groups is 1. The molecule has 0 bridgehead atoms. The number of nitrogens with zero attached hydrogens (tertiary/aromatic N) is 1. The van der Waals surface area contributed by atoms with Gasteiger partial charge in [-0.3, -0.25) is 9.69 Å². The lowest BCUT2D eigenvalue weighted by Crippen LogP contribution is -2.29. The Labute approximate surface area is 119 Å². The fraction of sp³-hybridized carbons (Fsp3) is 0.438. The molecule has 0 aliphatic carbocycles. The van der Waals surface area contributed by atoms with Crippen LogP contribution >= 0.6 is 0 Å². The molecule has 0 radical (unpaired) electrons. The Hall–Kier alpha value is -1.81. The fourth-order valence-electron chi connectivity index (χ4n) is 2.40. The number of aryl methyl sites for hydroxylation is 1. The predicted molar refractivity (Wildman–Crippen MR) is 79.6 cm³/mol. The van der Waals surface area contributed by atoms with E-state index in [4.69, 9.17) is 9.15 Å². The summed E-state index contributed by atoms with van der Waals surface area (Å²) in [7, 11) is 1.62. The average Bonchev–Trinajstić information content (AvgIpc) is 2.79. The highest BCUT2D eigenvalue weighted by molar-refractivity contribution is 6.09. The number of ketones is 1. The number of benzene rings is 1. The Morgan fingerprint density at radius 2 is 2.00 bits per heavy atom. The highest BCUT2D eigenvalue weighted by Gasteiger charge is 2.20. The number of likely N-dealkylation sites (N-methyl/N-ethyl adjacent to an activating group) is 1. The molecule has 4 nitrogen and oxygen atoms in total. The van der Waals surface area contributed by atoms with Crippen LogP contribution in [0.15, 0.2) is 22.6 Å². The van der Waals surface area contributed by atoms with E-state index in [1.54, 1.807) is 7.11 Å². The lowest BCUT2D eigenvalue weighted by Gasteiger charge is -2.16. The summed E-state index contributed by atoms with van der Waals surface area (Å²) in [6, 6.07) is 5.54. The number of carbonyl (C=O) groups excluding carboxylic acids is 1. The van der Waals surface area contributed by atoms with Gasteiger partial charge in [-0.1, -0.05) is 13.8 Å². The van der Waals surface area contributed by atoms with Crippen molar-refractivity contribution < 1.29 is 13.9 Å². The van der Waals surface area contributed by atoms with Crippen molar-refractivity contribution in [2.75, 3.05) is 26.7 Å². The topological polar surface area (TPSA) is 42.7 Å². The van der Waals surface area contributed by atoms with E-state index in [9.17, 15) is 4.79 Å². The second kappa shape index (κ2) is 6.09. The number of furan rings is 1. The lowest BCUT2D eigenvalue weighted by atomic mass is 10.1. The van der Waals surface area contributed by atoms with Crippen molar-refractivity contribution in [1.29, 1.82) is 0 Å². The van der Waals surface area contributed by atoms with Crippen molar-refractivity contribution in [3.8, 4) is 5.75 Å². The molecule has 2 rings (SSSR count). The van der Waals surface area contributed by atoms with Crippen LogP contribution < -0.4 is 4.74 Å². The smallest absolute Gasteiger partial charge is 0.180 e. The molecule has 0 unspecified atom stereocenters. The van der Waals surface area contributed by atoms with Gasteiger partial charge in [-0.2, -0.15) is 0 Å². The van der Waals surface area contributed by atoms with Gasteiger partial charge in [0.2, 0.25) is 0 Å². The Morgan fingerprint density at radius 1 is 1.30 bits per heavy atom. The van der Waals surface area contributed by atoms with E-state index >= 15 is 0 Å². The summed E-state index contributed by atoms with van der Waals surface area (Å²) in [6.45, 7) is 8.09. The molecule has 0 aliphatic rings. The van der Waals surface area contributed by atoms with Crippen molar-refractivity contribution in [3.63, 3.8) is 0 Å². The Balaban J connectivity index is 2.41. The van der Waals surface area contributed by atoms with E-state index in [1.807, 2.05) is 25.1 Å². The van der Waals surface area contributed by atoms with Crippen LogP contribution in [-0.4, -0.2) is 37.4 Å². The van der Waals surface area contributed by atoms with Crippen molar-refractivity contribution in [3.05, 3.63) is 29.5 Å². The summed E-state index contributed by atoms with van der Waals surface area (Å²) in [5, 5.41) is 0.832. The normalized spacial score (nSPS) is 11.2. The van der Waals surface area contributed by atoms with Gasteiger partial charge in [-0.05, 0) is 38.2 Å². The van der Waals surface area contributed by atoms with Gasteiger partial charge in [0.25, 0.3) is 0 Å². The zero-order valence-corrected chi connectivity index (χ0v) is 12.5. The SMILES string of the molecule is CCN(CC)CC(=O)c1c(C)oc2ccc(OC)cc12. The van der Waals surface area contributed by atoms with Crippen LogP contribution in [0.4, 0.5) is 0 Å². The summed E-state index contributed by atoms with van der Waals surface area (Å²) in [4.78, 5) is 14.6. The van der Waals surface area contributed by atoms with E-state index in [0.717, 1.165) is 29.8 Å². The number of ether oxygens (including phenoxy) is 1. The molecule has 4 heteroatoms. The van der Waals surface area contributed by atoms with Crippen LogP contribution in [0.2, 0.25) is 0 Å². The molecule has 1 aromatic heterocycles. The molecule has 2 aromatic rings. The van der Waals surface area contributed by atoms with Gasteiger partial charge in [0.1, 0.15) is 17.1 Å². The molecule has 1 heterocycles. The van der Waals surface area contributed by atoms with E-state index in [2.05, 4.69) is 18.7 Å². The predicted octanol–water partition coefficient (Wildman–Crippen LogP) is 3.27. The minimum atomic E-state index is 0.0956. The first kappa shape index (κ1) is 14.6. The number of fused-ring (bicyclic) bond motifs is 1. The number of rotatable bonds is 6. The average molecular weight is 275 g/mol. The third-order valence-electron chi connectivity index (χ3n) is 3.61. The number of hydrogen-bond acceptors (Lipinski definition) is 4. The zero-order valence-electron chi connectivity index (χ0n) is 12.5. The van der Waals surface area contributed by atoms with E-state index in [1.165, 1.54) is 0 Å². The summed E-state index contributed by atoms with van der Waals surface area (Å²) in [5.74, 6) is 1.50. The fourth-order valence-corrected chi connectivity index (χ4v) is 2.40. The summed E-state index contributed by atoms with van der Waals surface area (Å²) >= 11 is 0. The standard InChI is InChI=1S/C16H21NO3/c1-5-17(6-2)10-14(18)16-11(3)20-15-8-7-12(19-4)9-13(15)16/h7-9H,5-6,10H2,1-4H3. The molecule has 0 N–H and O–H groups in total. The van der Waals surface area contributed by atoms with Gasteiger partial charge >= 0.3 is 0 Å². The molecule has 0 fully saturated rings. The molecule has 0 spiro atoms. The van der Waals surface area contributed by atoms with E-state index < -0.39 is 0 Å². The summed E-state index contributed by atoms with van der Waals surface area (Å²) < 4.78 is 10.9. The molecule has 0 atom stereocenters. The Bertz CT molecular complexity index is 611. The van der Waals surface area contributed by atoms with Crippen molar-refractivity contribution >= 4 is 16.8 Å². The second-order valence-corrected chi connectivity index (χ2v) is 4.78. The largest absolute Gasteiger partial charge is 0.497 e. The van der Waals surface area contributed by atoms with Crippen LogP contribution in [-0.2, 0) is 0 Å². The monoisotopic (exact) mass is 275 g/mol. The van der Waals surface area contributed by atoms with E-state index in [0.29, 0.717) is 17.9 Å². The molecule has 0 aliphatic heterocycles. The molecule has 1 aromatic carbocycles. The summed E-state index contributed by atoms with van der Waals surface area (Å²) in [6.07, 6.45) is 0. The molecule has 108 valence electrons. The highest BCUT2D eigenvalue weighted by atomic mass is 16.5. The van der Waals surface area contributed by atoms with Crippen molar-refractivity contribution in [1.82, 2.24) is 4.90 Å². The second-order valence-electron chi connectivity index (χ2n) is 4.78. The maximum Gasteiger partial charge on any atom is 0.180 e. The van der Waals surface area contributed by atoms with Crippen molar-refractivity contribution in [2.24, 2.45) is 0 Å². The van der Waals surface area contributed by atoms with Gasteiger partial charge in [-0.15, -0.1) is 0 Å². The molecule has 0 amide bonds. The highest BCUT2D eigenvalue weighted by Crippen LogP contribution is 2.29. The van der Waals surface area contributed by atoms with Crippen LogP contribution in [0.25, 0.3) is 11.0 Å². The third kappa shape index (κ3) is 2.70. The van der Waals surface area contributed by atoms with Crippen LogP contribution in [0.3, 0.4) is 0 Å². The van der Waals surface area contributed by atoms with Crippen LogP contribution in [0.1, 0.15) is 30.0 Å². The molecular formula is C16H21NO3. The number of Topliss-reactive ketones (excluding diaryl/α,β-unsaturated/α-hetero) is 1. The van der Waals surface area contributed by atoms with Crippen LogP contribution in [0, 0.1) is 6.92 Å². The van der Waals surface area contributed by atoms with E-state index in [-0.39, 0.29) is 5.78 Å². The van der Waals surface area contributed by atoms with Gasteiger partial charge in [0.05, 0.1) is 19.2 Å². The van der Waals surface area contributed by atoms with Gasteiger partial charge < -0.3 is 9.15 Å². The van der Waals surface area contributed by atoms with Gasteiger partial charge in [0, 0.05) is 5.39 Å². The van der Waals surface area contributed by atoms with Crippen LogP contribution in [0.5, 0.6) is 5.75 Å². The van der Waals surface area contributed by atoms with Gasteiger partial charge in [-0.25, -0.2) is 0 Å². The maximum absolute atomic E-state index is 12.5. The first-order chi connectivity index (χ1) is 9.60. The molecule has 20 heavy (non-hydrogen) atoms. The first-order valence-electron chi connectivity index (χ1n) is 6.93. The first-order valence-corrected chi connectivity index (χ1v) is 6.93. The number of methoxy groups -OCH3 is 1. The number of hydrogen-bond donors (Lipinski definition) is 0. The molecule has 0 saturated carbocycles. The Morgan fingerprint density at radius 3 is 2.60 bits per heavy atom. The molecular weight excluding hydrogens is 254 g/mol. The van der Waals surface area contributed by atoms with Crippen molar-refractivity contribution in [2.45, 2.75) is 20.8 Å². The molecule has 0 saturated heterocycles. The maximum atomic E-state index is 12.5. The quantitative estimate of drug-likeness (QED) is 0.759. The summed E-state index contributed by atoms with van der Waals surface area (Å²) in [5.41, 5.74) is 1.40. The minimum Gasteiger partial charge on any atom is -0.497 e. The lowest BCUT2D eigenvalue weighted by molar-refractivity contribution is 0.0937.